The molecule has 0 radical (unpaired) electrons. The first-order valence-corrected chi connectivity index (χ1v) is 8.32. The monoisotopic (exact) mass is 321 g/mol. The minimum absolute atomic E-state index is 0.204. The first-order valence-electron chi connectivity index (χ1n) is 8.32. The summed E-state index contributed by atoms with van der Waals surface area (Å²) in [5, 5.41) is 17.1. The summed E-state index contributed by atoms with van der Waals surface area (Å²) in [6.07, 6.45) is 4.49. The molecule has 3 aromatic rings. The largest absolute Gasteiger partial charge is 0.396 e. The van der Waals surface area contributed by atoms with Crippen molar-refractivity contribution in [2.75, 3.05) is 13.2 Å². The molecule has 124 valence electrons. The Morgan fingerprint density at radius 2 is 1.92 bits per heavy atom. The van der Waals surface area contributed by atoms with Crippen molar-refractivity contribution in [1.29, 1.82) is 0 Å². The summed E-state index contributed by atoms with van der Waals surface area (Å²) in [4.78, 5) is 0. The second kappa shape index (κ2) is 8.43. The molecule has 1 aromatic heterocycles. The number of nitrogens with zero attached hydrogens (tertiary/aromatic N) is 2. The number of nitrogens with one attached hydrogen (secondary N) is 1. The van der Waals surface area contributed by atoms with Gasteiger partial charge in [-0.2, -0.15) is 5.10 Å². The molecule has 1 atom stereocenters. The molecule has 0 spiro atoms. The molecule has 0 amide bonds. The van der Waals surface area contributed by atoms with Gasteiger partial charge in [0.1, 0.15) is 0 Å². The van der Waals surface area contributed by atoms with Gasteiger partial charge in [0.15, 0.2) is 0 Å². The molecule has 0 saturated carbocycles. The van der Waals surface area contributed by atoms with Crippen molar-refractivity contribution < 1.29 is 5.11 Å². The van der Waals surface area contributed by atoms with E-state index in [2.05, 4.69) is 46.8 Å². The van der Waals surface area contributed by atoms with Gasteiger partial charge in [-0.3, -0.25) is 0 Å². The fourth-order valence-corrected chi connectivity index (χ4v) is 2.89. The van der Waals surface area contributed by atoms with Crippen molar-refractivity contribution >= 4 is 0 Å². The lowest BCUT2D eigenvalue weighted by Gasteiger charge is -2.17. The normalized spacial score (nSPS) is 12.2. The SMILES string of the molecule is OCCC(CNCc1cccc(-n2cccn2)c1)c1ccccc1. The van der Waals surface area contributed by atoms with Crippen LogP contribution in [0.2, 0.25) is 0 Å². The first-order chi connectivity index (χ1) is 11.9. The molecule has 0 aliphatic rings. The Labute approximate surface area is 142 Å². The molecule has 1 unspecified atom stereocenters. The summed E-state index contributed by atoms with van der Waals surface area (Å²) in [6.45, 7) is 1.84. The van der Waals surface area contributed by atoms with Crippen LogP contribution in [-0.4, -0.2) is 28.0 Å². The maximum absolute atomic E-state index is 9.32. The molecule has 2 aromatic carbocycles. The van der Waals surface area contributed by atoms with Gasteiger partial charge in [0.2, 0.25) is 0 Å². The molecular weight excluding hydrogens is 298 g/mol. The highest BCUT2D eigenvalue weighted by atomic mass is 16.3. The Bertz CT molecular complexity index is 726. The molecule has 4 heteroatoms. The van der Waals surface area contributed by atoms with Crippen molar-refractivity contribution in [3.63, 3.8) is 0 Å². The third-order valence-corrected chi connectivity index (χ3v) is 4.15. The number of benzene rings is 2. The van der Waals surface area contributed by atoms with E-state index in [1.807, 2.05) is 35.1 Å². The number of aliphatic hydroxyl groups excluding tert-OH is 1. The number of aliphatic hydroxyl groups is 1. The molecule has 0 fully saturated rings. The Morgan fingerprint density at radius 3 is 2.67 bits per heavy atom. The molecule has 0 bridgehead atoms. The van der Waals surface area contributed by atoms with E-state index in [0.29, 0.717) is 5.92 Å². The van der Waals surface area contributed by atoms with Crippen LogP contribution >= 0.6 is 0 Å². The van der Waals surface area contributed by atoms with Crippen LogP contribution < -0.4 is 5.32 Å². The zero-order valence-electron chi connectivity index (χ0n) is 13.7. The van der Waals surface area contributed by atoms with Crippen LogP contribution in [-0.2, 0) is 6.54 Å². The summed E-state index contributed by atoms with van der Waals surface area (Å²) in [5.41, 5.74) is 3.55. The van der Waals surface area contributed by atoms with Crippen LogP contribution in [0.4, 0.5) is 0 Å². The lowest BCUT2D eigenvalue weighted by atomic mass is 9.96. The fraction of sp³-hybridized carbons (Fsp3) is 0.250. The Morgan fingerprint density at radius 1 is 1.04 bits per heavy atom. The quantitative estimate of drug-likeness (QED) is 0.670. The minimum atomic E-state index is 0.204. The number of hydrogen-bond acceptors (Lipinski definition) is 3. The molecule has 24 heavy (non-hydrogen) atoms. The van der Waals surface area contributed by atoms with Gasteiger partial charge in [-0.1, -0.05) is 42.5 Å². The summed E-state index contributed by atoms with van der Waals surface area (Å²) in [5.74, 6) is 0.325. The van der Waals surface area contributed by atoms with E-state index in [1.165, 1.54) is 11.1 Å². The van der Waals surface area contributed by atoms with Gasteiger partial charge in [-0.15, -0.1) is 0 Å². The molecule has 2 N–H and O–H groups in total. The predicted molar refractivity (Wildman–Crippen MR) is 96.2 cm³/mol. The smallest absolute Gasteiger partial charge is 0.0648 e. The molecule has 3 rings (SSSR count). The van der Waals surface area contributed by atoms with Crippen molar-refractivity contribution in [2.45, 2.75) is 18.9 Å². The predicted octanol–water partition coefficient (Wildman–Crippen LogP) is 3.13. The number of aromatic nitrogens is 2. The molecule has 1 heterocycles. The highest BCUT2D eigenvalue weighted by molar-refractivity contribution is 5.35. The van der Waals surface area contributed by atoms with Gasteiger partial charge in [-0.25, -0.2) is 4.68 Å². The summed E-state index contributed by atoms with van der Waals surface area (Å²) in [6, 6.07) is 20.7. The van der Waals surface area contributed by atoms with Gasteiger partial charge in [0, 0.05) is 32.1 Å². The van der Waals surface area contributed by atoms with Crippen molar-refractivity contribution in [1.82, 2.24) is 15.1 Å². The number of rotatable bonds is 8. The van der Waals surface area contributed by atoms with Gasteiger partial charge in [-0.05, 0) is 41.7 Å². The van der Waals surface area contributed by atoms with Crippen LogP contribution in [0.15, 0.2) is 73.1 Å². The maximum atomic E-state index is 9.32. The molecule has 0 aliphatic carbocycles. The van der Waals surface area contributed by atoms with Gasteiger partial charge < -0.3 is 10.4 Å². The zero-order valence-corrected chi connectivity index (χ0v) is 13.7. The van der Waals surface area contributed by atoms with Crippen molar-refractivity contribution in [2.24, 2.45) is 0 Å². The van der Waals surface area contributed by atoms with Crippen molar-refractivity contribution in [3.05, 3.63) is 84.2 Å². The topological polar surface area (TPSA) is 50.1 Å². The third-order valence-electron chi connectivity index (χ3n) is 4.15. The second-order valence-electron chi connectivity index (χ2n) is 5.87. The number of hydrogen-bond donors (Lipinski definition) is 2. The van der Waals surface area contributed by atoms with Crippen LogP contribution in [0.25, 0.3) is 5.69 Å². The first kappa shape index (κ1) is 16.4. The van der Waals surface area contributed by atoms with Gasteiger partial charge in [0.05, 0.1) is 5.69 Å². The van der Waals surface area contributed by atoms with E-state index < -0.39 is 0 Å². The van der Waals surface area contributed by atoms with E-state index >= 15 is 0 Å². The lowest BCUT2D eigenvalue weighted by molar-refractivity contribution is 0.273. The molecular formula is C20H23N3O. The highest BCUT2D eigenvalue weighted by Gasteiger charge is 2.10. The highest BCUT2D eigenvalue weighted by Crippen LogP contribution is 2.18. The van der Waals surface area contributed by atoms with Crippen LogP contribution in [0.5, 0.6) is 0 Å². The standard InChI is InChI=1S/C20H23N3O/c24-13-10-19(18-7-2-1-3-8-18)16-21-15-17-6-4-9-20(14-17)23-12-5-11-22-23/h1-9,11-12,14,19,21,24H,10,13,15-16H2. The lowest BCUT2D eigenvalue weighted by Crippen LogP contribution is -2.22. The van der Waals surface area contributed by atoms with Gasteiger partial charge in [0.25, 0.3) is 0 Å². The van der Waals surface area contributed by atoms with E-state index in [0.717, 1.165) is 25.2 Å². The van der Waals surface area contributed by atoms with Crippen LogP contribution in [0.3, 0.4) is 0 Å². The van der Waals surface area contributed by atoms with E-state index in [-0.39, 0.29) is 6.61 Å². The average Bonchev–Trinajstić information content (AvgIpc) is 3.17. The molecule has 0 saturated heterocycles. The van der Waals surface area contributed by atoms with E-state index in [1.54, 1.807) is 6.20 Å². The fourth-order valence-electron chi connectivity index (χ4n) is 2.89. The van der Waals surface area contributed by atoms with E-state index in [4.69, 9.17) is 0 Å². The maximum Gasteiger partial charge on any atom is 0.0648 e. The van der Waals surface area contributed by atoms with E-state index in [9.17, 15) is 5.11 Å². The zero-order chi connectivity index (χ0) is 16.6. The summed E-state index contributed by atoms with van der Waals surface area (Å²) < 4.78 is 1.86. The van der Waals surface area contributed by atoms with Gasteiger partial charge >= 0.3 is 0 Å². The average molecular weight is 321 g/mol. The summed E-state index contributed by atoms with van der Waals surface area (Å²) >= 11 is 0. The second-order valence-corrected chi connectivity index (χ2v) is 5.87. The summed E-state index contributed by atoms with van der Waals surface area (Å²) in [7, 11) is 0. The molecule has 4 nitrogen and oxygen atoms in total. The minimum Gasteiger partial charge on any atom is -0.396 e. The van der Waals surface area contributed by atoms with Crippen LogP contribution in [0.1, 0.15) is 23.5 Å². The molecule has 0 aliphatic heterocycles. The van der Waals surface area contributed by atoms with Crippen molar-refractivity contribution in [3.8, 4) is 5.69 Å². The Balaban J connectivity index is 1.60. The Kier molecular flexibility index (Phi) is 5.77. The third kappa shape index (κ3) is 4.31. The van der Waals surface area contributed by atoms with Crippen LogP contribution in [0, 0.1) is 0 Å². The Hall–Kier alpha value is -2.43.